The third-order valence-electron chi connectivity index (χ3n) is 4.79. The van der Waals surface area contributed by atoms with Gasteiger partial charge in [0, 0.05) is 18.1 Å². The number of nitro benzene ring substituents is 1. The Labute approximate surface area is 132 Å². The monoisotopic (exact) mass is 310 g/mol. The second-order valence-corrected chi connectivity index (χ2v) is 6.03. The van der Waals surface area contributed by atoms with Crippen LogP contribution in [0.1, 0.15) is 29.5 Å². The molecule has 0 unspecified atom stereocenters. The summed E-state index contributed by atoms with van der Waals surface area (Å²) < 4.78 is 14.2. The Bertz CT molecular complexity index is 818. The fourth-order valence-corrected chi connectivity index (χ4v) is 3.75. The van der Waals surface area contributed by atoms with E-state index in [1.807, 2.05) is 12.1 Å². The average Bonchev–Trinajstić information content (AvgIpc) is 3.04. The predicted octanol–water partition coefficient (Wildman–Crippen LogP) is 4.56. The third kappa shape index (κ3) is 2.20. The molecule has 4 nitrogen and oxygen atoms in total. The fourth-order valence-electron chi connectivity index (χ4n) is 3.75. The van der Waals surface area contributed by atoms with Crippen LogP contribution in [-0.2, 0) is 0 Å². The largest absolute Gasteiger partial charge is 0.375 e. The lowest BCUT2D eigenvalue weighted by Gasteiger charge is -2.37. The molecule has 0 bridgehead atoms. The van der Waals surface area contributed by atoms with Gasteiger partial charge in [0.1, 0.15) is 5.82 Å². The molecule has 0 spiro atoms. The summed E-state index contributed by atoms with van der Waals surface area (Å²) in [5, 5.41) is 14.3. The fraction of sp³-hybridized carbons (Fsp3) is 0.222. The number of non-ortho nitro benzene ring substituents is 1. The topological polar surface area (TPSA) is 55.2 Å². The smallest absolute Gasteiger partial charge is 0.269 e. The number of halogens is 1. The molecule has 116 valence electrons. The summed E-state index contributed by atoms with van der Waals surface area (Å²) in [5.41, 5.74) is 2.36. The molecule has 0 radical (unpaired) electrons. The van der Waals surface area contributed by atoms with E-state index in [4.69, 9.17) is 0 Å². The number of allylic oxidation sites excluding steroid dienone is 2. The molecule has 0 fully saturated rings. The van der Waals surface area contributed by atoms with E-state index >= 15 is 0 Å². The zero-order valence-corrected chi connectivity index (χ0v) is 12.3. The molecule has 1 N–H and O–H groups in total. The number of hydrogen-bond acceptors (Lipinski definition) is 3. The first-order valence-electron chi connectivity index (χ1n) is 7.61. The number of nitrogens with one attached hydrogen (secondary N) is 1. The summed E-state index contributed by atoms with van der Waals surface area (Å²) in [7, 11) is 0. The molecule has 1 heterocycles. The molecule has 2 aromatic rings. The lowest BCUT2D eigenvalue weighted by atomic mass is 9.77. The van der Waals surface area contributed by atoms with Crippen LogP contribution < -0.4 is 5.32 Å². The molecule has 0 saturated carbocycles. The van der Waals surface area contributed by atoms with Crippen molar-refractivity contribution in [1.29, 1.82) is 0 Å². The lowest BCUT2D eigenvalue weighted by molar-refractivity contribution is -0.384. The molecular formula is C18H15FN2O2. The van der Waals surface area contributed by atoms with Gasteiger partial charge in [-0.2, -0.15) is 0 Å². The molecule has 1 aliphatic carbocycles. The Morgan fingerprint density at radius 1 is 1.22 bits per heavy atom. The second kappa shape index (κ2) is 5.19. The molecule has 1 aliphatic heterocycles. The van der Waals surface area contributed by atoms with Gasteiger partial charge in [-0.3, -0.25) is 10.1 Å². The number of nitrogens with zero attached hydrogens (tertiary/aromatic N) is 1. The average molecular weight is 310 g/mol. The van der Waals surface area contributed by atoms with Crippen molar-refractivity contribution in [2.45, 2.75) is 18.4 Å². The van der Waals surface area contributed by atoms with Gasteiger partial charge in [0.05, 0.1) is 16.7 Å². The summed E-state index contributed by atoms with van der Waals surface area (Å²) in [4.78, 5) is 10.6. The molecule has 23 heavy (non-hydrogen) atoms. The van der Waals surface area contributed by atoms with E-state index in [-0.39, 0.29) is 29.4 Å². The standard InChI is InChI=1S/C18H15FN2O2/c19-16-9-3-8-15-13-6-2-7-14(13)17(20-18(15)16)11-4-1-5-12(10-11)21(22)23/h1-6,8-10,13-14,17,20H,7H2/t13-,14-,17+/m0/s1. The van der Waals surface area contributed by atoms with Crippen molar-refractivity contribution in [3.05, 3.63) is 81.7 Å². The van der Waals surface area contributed by atoms with E-state index in [1.165, 1.54) is 12.1 Å². The van der Waals surface area contributed by atoms with Crippen LogP contribution in [0.4, 0.5) is 15.8 Å². The van der Waals surface area contributed by atoms with Crippen LogP contribution in [0, 0.1) is 21.8 Å². The zero-order chi connectivity index (χ0) is 16.0. The Hall–Kier alpha value is -2.69. The second-order valence-electron chi connectivity index (χ2n) is 6.03. The molecule has 5 heteroatoms. The Morgan fingerprint density at radius 2 is 2.04 bits per heavy atom. The number of anilines is 1. The lowest BCUT2D eigenvalue weighted by Crippen LogP contribution is -2.29. The number of nitro groups is 1. The van der Waals surface area contributed by atoms with Gasteiger partial charge in [-0.25, -0.2) is 4.39 Å². The maximum Gasteiger partial charge on any atom is 0.269 e. The summed E-state index contributed by atoms with van der Waals surface area (Å²) in [6.45, 7) is 0. The van der Waals surface area contributed by atoms with Crippen molar-refractivity contribution in [3.8, 4) is 0 Å². The number of hydrogen-bond donors (Lipinski definition) is 1. The highest BCUT2D eigenvalue weighted by atomic mass is 19.1. The van der Waals surface area contributed by atoms with Crippen molar-refractivity contribution in [1.82, 2.24) is 0 Å². The minimum atomic E-state index is -0.398. The van der Waals surface area contributed by atoms with Gasteiger partial charge in [-0.15, -0.1) is 0 Å². The molecule has 4 rings (SSSR count). The van der Waals surface area contributed by atoms with Crippen LogP contribution in [0.15, 0.2) is 54.6 Å². The van der Waals surface area contributed by atoms with E-state index in [0.717, 1.165) is 17.5 Å². The van der Waals surface area contributed by atoms with Crippen LogP contribution in [0.25, 0.3) is 0 Å². The van der Waals surface area contributed by atoms with Gasteiger partial charge in [-0.05, 0) is 29.5 Å². The Kier molecular flexibility index (Phi) is 3.15. The van der Waals surface area contributed by atoms with Gasteiger partial charge in [0.25, 0.3) is 5.69 Å². The van der Waals surface area contributed by atoms with Gasteiger partial charge in [0.15, 0.2) is 0 Å². The van der Waals surface area contributed by atoms with Gasteiger partial charge in [0.2, 0.25) is 0 Å². The third-order valence-corrected chi connectivity index (χ3v) is 4.79. The van der Waals surface area contributed by atoms with E-state index in [0.29, 0.717) is 5.69 Å². The summed E-state index contributed by atoms with van der Waals surface area (Å²) in [6.07, 6.45) is 5.11. The van der Waals surface area contributed by atoms with Crippen LogP contribution in [0.3, 0.4) is 0 Å². The molecule has 0 saturated heterocycles. The first-order valence-corrected chi connectivity index (χ1v) is 7.61. The van der Waals surface area contributed by atoms with Crippen molar-refractivity contribution in [2.75, 3.05) is 5.32 Å². The SMILES string of the molecule is O=[N+]([O-])c1cccc([C@H]2Nc3c(F)cccc3[C@H]3C=CC[C@@H]32)c1. The van der Waals surface area contributed by atoms with E-state index in [2.05, 4.69) is 17.5 Å². The number of fused-ring (bicyclic) bond motifs is 3. The van der Waals surface area contributed by atoms with Gasteiger partial charge < -0.3 is 5.32 Å². The van der Waals surface area contributed by atoms with Crippen LogP contribution in [-0.4, -0.2) is 4.92 Å². The van der Waals surface area contributed by atoms with Crippen LogP contribution in [0.2, 0.25) is 0 Å². The number of rotatable bonds is 2. The summed E-state index contributed by atoms with van der Waals surface area (Å²) in [5.74, 6) is 0.106. The predicted molar refractivity (Wildman–Crippen MR) is 85.8 cm³/mol. The minimum Gasteiger partial charge on any atom is -0.375 e. The summed E-state index contributed by atoms with van der Waals surface area (Å²) in [6, 6.07) is 11.6. The molecule has 2 aliphatic rings. The minimum absolute atomic E-state index is 0.0612. The molecule has 2 aromatic carbocycles. The number of para-hydroxylation sites is 1. The Morgan fingerprint density at radius 3 is 2.87 bits per heavy atom. The van der Waals surface area contributed by atoms with Gasteiger partial charge in [-0.1, -0.05) is 36.4 Å². The van der Waals surface area contributed by atoms with E-state index in [1.54, 1.807) is 18.2 Å². The van der Waals surface area contributed by atoms with Crippen molar-refractivity contribution in [3.63, 3.8) is 0 Å². The van der Waals surface area contributed by atoms with Gasteiger partial charge >= 0.3 is 0 Å². The molecular weight excluding hydrogens is 295 g/mol. The Balaban J connectivity index is 1.80. The maximum atomic E-state index is 14.2. The van der Waals surface area contributed by atoms with E-state index in [9.17, 15) is 14.5 Å². The van der Waals surface area contributed by atoms with E-state index < -0.39 is 4.92 Å². The molecule has 0 aromatic heterocycles. The van der Waals surface area contributed by atoms with Crippen LogP contribution in [0.5, 0.6) is 0 Å². The quantitative estimate of drug-likeness (QED) is 0.502. The first kappa shape index (κ1) is 13.9. The normalized spacial score (nSPS) is 24.7. The van der Waals surface area contributed by atoms with Crippen molar-refractivity contribution < 1.29 is 9.31 Å². The van der Waals surface area contributed by atoms with Crippen LogP contribution >= 0.6 is 0 Å². The van der Waals surface area contributed by atoms with Crippen molar-refractivity contribution >= 4 is 11.4 Å². The highest BCUT2D eigenvalue weighted by molar-refractivity contribution is 5.60. The summed E-state index contributed by atoms with van der Waals surface area (Å²) >= 11 is 0. The van der Waals surface area contributed by atoms with Crippen molar-refractivity contribution in [2.24, 2.45) is 5.92 Å². The number of benzene rings is 2. The highest BCUT2D eigenvalue weighted by Crippen LogP contribution is 2.50. The first-order chi connectivity index (χ1) is 11.1. The highest BCUT2D eigenvalue weighted by Gasteiger charge is 2.39. The zero-order valence-electron chi connectivity index (χ0n) is 12.3. The maximum absolute atomic E-state index is 14.2. The molecule has 0 amide bonds. The molecule has 3 atom stereocenters.